The van der Waals surface area contributed by atoms with E-state index in [0.29, 0.717) is 30.6 Å². The molecule has 31 heavy (non-hydrogen) atoms. The highest BCUT2D eigenvalue weighted by Crippen LogP contribution is 2.45. The first kappa shape index (κ1) is 23.5. The summed E-state index contributed by atoms with van der Waals surface area (Å²) < 4.78 is 0. The van der Waals surface area contributed by atoms with Gasteiger partial charge in [-0.1, -0.05) is 58.4 Å². The van der Waals surface area contributed by atoms with Crippen molar-refractivity contribution in [2.75, 3.05) is 5.73 Å². The number of nitrogens with two attached hydrogens (primary N) is 2. The molecule has 1 aromatic rings. The van der Waals surface area contributed by atoms with Crippen LogP contribution in [0.15, 0.2) is 18.3 Å². The summed E-state index contributed by atoms with van der Waals surface area (Å²) in [7, 11) is 0. The van der Waals surface area contributed by atoms with E-state index in [2.05, 4.69) is 15.6 Å². The molecule has 2 saturated carbocycles. The minimum Gasteiger partial charge on any atom is -0.384 e. The number of fused-ring (bicyclic) bond motifs is 1. The van der Waals surface area contributed by atoms with Crippen molar-refractivity contribution >= 4 is 17.6 Å². The molecule has 2 fully saturated rings. The molecular weight excluding hydrogens is 390 g/mol. The Hall–Kier alpha value is -2.15. The van der Waals surface area contributed by atoms with Gasteiger partial charge in [0.25, 0.3) is 0 Å². The van der Waals surface area contributed by atoms with E-state index in [4.69, 9.17) is 11.5 Å². The van der Waals surface area contributed by atoms with Gasteiger partial charge in [-0.05, 0) is 48.1 Å². The summed E-state index contributed by atoms with van der Waals surface area (Å²) in [6, 6.07) is 2.38. The van der Waals surface area contributed by atoms with E-state index in [9.17, 15) is 9.59 Å². The summed E-state index contributed by atoms with van der Waals surface area (Å²) in [5.41, 5.74) is 12.6. The fourth-order valence-electron chi connectivity index (χ4n) is 5.32. The summed E-state index contributed by atoms with van der Waals surface area (Å²) in [4.78, 5) is 29.9. The Kier molecular flexibility index (Phi) is 8.29. The summed E-state index contributed by atoms with van der Waals surface area (Å²) >= 11 is 0. The van der Waals surface area contributed by atoms with Crippen LogP contribution in [0, 0.1) is 23.7 Å². The molecule has 172 valence electrons. The molecule has 0 aromatic carbocycles. The van der Waals surface area contributed by atoms with Gasteiger partial charge in [-0.3, -0.25) is 9.59 Å². The van der Waals surface area contributed by atoms with Crippen LogP contribution in [0.4, 0.5) is 5.82 Å². The van der Waals surface area contributed by atoms with E-state index in [1.165, 1.54) is 38.5 Å². The molecule has 1 heterocycles. The number of nitrogen functional groups attached to an aromatic ring is 1. The second kappa shape index (κ2) is 10.9. The van der Waals surface area contributed by atoms with Crippen molar-refractivity contribution in [3.63, 3.8) is 0 Å². The number of anilines is 1. The lowest BCUT2D eigenvalue weighted by atomic mass is 9.64. The zero-order valence-electron chi connectivity index (χ0n) is 19.0. The average Bonchev–Trinajstić information content (AvgIpc) is 2.77. The molecule has 5 atom stereocenters. The zero-order chi connectivity index (χ0) is 22.4. The van der Waals surface area contributed by atoms with E-state index < -0.39 is 12.1 Å². The number of amides is 2. The maximum absolute atomic E-state index is 13.1. The average molecular weight is 430 g/mol. The molecule has 7 heteroatoms. The topological polar surface area (TPSA) is 123 Å². The second-order valence-electron chi connectivity index (χ2n) is 9.78. The summed E-state index contributed by atoms with van der Waals surface area (Å²) in [6.07, 6.45) is 11.2. The Balaban J connectivity index is 1.68. The first-order chi connectivity index (χ1) is 14.8. The van der Waals surface area contributed by atoms with Crippen molar-refractivity contribution in [3.05, 3.63) is 23.9 Å². The Morgan fingerprint density at radius 1 is 1.10 bits per heavy atom. The van der Waals surface area contributed by atoms with Gasteiger partial charge in [-0.25, -0.2) is 4.98 Å². The third-order valence-electron chi connectivity index (χ3n) is 7.23. The molecule has 6 N–H and O–H groups in total. The number of nitrogens with one attached hydrogen (secondary N) is 2. The predicted molar refractivity (Wildman–Crippen MR) is 123 cm³/mol. The number of pyridine rings is 1. The lowest BCUT2D eigenvalue weighted by molar-refractivity contribution is -0.131. The van der Waals surface area contributed by atoms with Crippen molar-refractivity contribution in [2.45, 2.75) is 83.8 Å². The van der Waals surface area contributed by atoms with Crippen LogP contribution in [-0.2, 0) is 16.1 Å². The van der Waals surface area contributed by atoms with Crippen LogP contribution in [0.1, 0.15) is 70.8 Å². The van der Waals surface area contributed by atoms with Crippen LogP contribution < -0.4 is 22.1 Å². The second-order valence-corrected chi connectivity index (χ2v) is 9.78. The SMILES string of the molecule is CC(C)C(N)C(=O)N[C@@H](CC1CCCC2CCCCC21)C(=O)NCc1ccc(N)nc1. The maximum atomic E-state index is 13.1. The zero-order valence-corrected chi connectivity index (χ0v) is 19.0. The molecular formula is C24H39N5O2. The van der Waals surface area contributed by atoms with E-state index >= 15 is 0 Å². The van der Waals surface area contributed by atoms with Crippen LogP contribution in [0.5, 0.6) is 0 Å². The van der Waals surface area contributed by atoms with Crippen LogP contribution in [0.25, 0.3) is 0 Å². The number of rotatable bonds is 8. The largest absolute Gasteiger partial charge is 0.384 e. The number of hydrogen-bond acceptors (Lipinski definition) is 5. The van der Waals surface area contributed by atoms with Gasteiger partial charge >= 0.3 is 0 Å². The van der Waals surface area contributed by atoms with Crippen molar-refractivity contribution < 1.29 is 9.59 Å². The van der Waals surface area contributed by atoms with Gasteiger partial charge in [-0.2, -0.15) is 0 Å². The minimum absolute atomic E-state index is 0.0157. The molecule has 2 aliphatic rings. The lowest BCUT2D eigenvalue weighted by Gasteiger charge is -2.42. The third kappa shape index (κ3) is 6.42. The van der Waals surface area contributed by atoms with E-state index in [1.807, 2.05) is 19.9 Å². The smallest absolute Gasteiger partial charge is 0.242 e. The molecule has 4 unspecified atom stereocenters. The van der Waals surface area contributed by atoms with Gasteiger partial charge in [0.1, 0.15) is 11.9 Å². The van der Waals surface area contributed by atoms with Gasteiger partial charge in [0.15, 0.2) is 0 Å². The molecule has 2 aliphatic carbocycles. The molecule has 3 rings (SSSR count). The normalized spacial score (nSPS) is 25.4. The minimum atomic E-state index is -0.620. The van der Waals surface area contributed by atoms with E-state index in [1.54, 1.807) is 12.3 Å². The third-order valence-corrected chi connectivity index (χ3v) is 7.23. The summed E-state index contributed by atoms with van der Waals surface area (Å²) in [6.45, 7) is 4.19. The van der Waals surface area contributed by atoms with Crippen molar-refractivity contribution in [1.82, 2.24) is 15.6 Å². The molecule has 0 bridgehead atoms. The lowest BCUT2D eigenvalue weighted by Crippen LogP contribution is -2.54. The van der Waals surface area contributed by atoms with Crippen molar-refractivity contribution in [1.29, 1.82) is 0 Å². The first-order valence-corrected chi connectivity index (χ1v) is 11.9. The molecule has 7 nitrogen and oxygen atoms in total. The fourth-order valence-corrected chi connectivity index (χ4v) is 5.32. The quantitative estimate of drug-likeness (QED) is 0.506. The number of hydrogen-bond donors (Lipinski definition) is 4. The van der Waals surface area contributed by atoms with Crippen LogP contribution in [0.2, 0.25) is 0 Å². The van der Waals surface area contributed by atoms with Gasteiger partial charge in [0.2, 0.25) is 11.8 Å². The number of carbonyl (C=O) groups is 2. The van der Waals surface area contributed by atoms with Crippen molar-refractivity contribution in [2.24, 2.45) is 29.4 Å². The highest BCUT2D eigenvalue weighted by Gasteiger charge is 2.37. The Bertz CT molecular complexity index is 734. The summed E-state index contributed by atoms with van der Waals surface area (Å²) in [5, 5.41) is 5.95. The predicted octanol–water partition coefficient (Wildman–Crippen LogP) is 2.74. The molecule has 2 amide bonds. The highest BCUT2D eigenvalue weighted by molar-refractivity contribution is 5.89. The van der Waals surface area contributed by atoms with Crippen LogP contribution in [0.3, 0.4) is 0 Å². The molecule has 0 saturated heterocycles. The van der Waals surface area contributed by atoms with Crippen LogP contribution in [-0.4, -0.2) is 28.9 Å². The Morgan fingerprint density at radius 2 is 1.84 bits per heavy atom. The molecule has 0 aliphatic heterocycles. The number of nitrogens with zero attached hydrogens (tertiary/aromatic N) is 1. The van der Waals surface area contributed by atoms with Gasteiger partial charge in [0, 0.05) is 12.7 Å². The standard InChI is InChI=1S/C24H39N5O2/c1-15(2)22(26)24(31)29-20(23(30)28-14-16-10-11-21(25)27-13-16)12-18-8-5-7-17-6-3-4-9-19(17)18/h10-11,13,15,17-20,22H,3-9,12,14,26H2,1-2H3,(H2,25,27)(H,28,30)(H,29,31)/t17?,18?,19?,20-,22?/m0/s1. The number of aromatic nitrogens is 1. The van der Waals surface area contributed by atoms with E-state index in [0.717, 1.165) is 17.9 Å². The van der Waals surface area contributed by atoms with Gasteiger partial charge in [0.05, 0.1) is 6.04 Å². The first-order valence-electron chi connectivity index (χ1n) is 11.9. The molecule has 0 spiro atoms. The Labute approximate surface area is 186 Å². The molecule has 0 radical (unpaired) electrons. The van der Waals surface area contributed by atoms with Gasteiger partial charge in [-0.15, -0.1) is 0 Å². The molecule has 1 aromatic heterocycles. The van der Waals surface area contributed by atoms with E-state index in [-0.39, 0.29) is 17.7 Å². The van der Waals surface area contributed by atoms with Crippen LogP contribution >= 0.6 is 0 Å². The summed E-state index contributed by atoms with van der Waals surface area (Å²) in [5.74, 6) is 1.99. The number of carbonyl (C=O) groups excluding carboxylic acids is 2. The highest BCUT2D eigenvalue weighted by atomic mass is 16.2. The van der Waals surface area contributed by atoms with Crippen molar-refractivity contribution in [3.8, 4) is 0 Å². The fraction of sp³-hybridized carbons (Fsp3) is 0.708. The maximum Gasteiger partial charge on any atom is 0.242 e. The monoisotopic (exact) mass is 429 g/mol. The van der Waals surface area contributed by atoms with Gasteiger partial charge < -0.3 is 22.1 Å². The Morgan fingerprint density at radius 3 is 2.55 bits per heavy atom.